The van der Waals surface area contributed by atoms with E-state index in [1.807, 2.05) is 4.90 Å². The molecule has 3 aliphatic rings. The smallest absolute Gasteiger partial charge is 0.429 e. The Morgan fingerprint density at radius 2 is 1.62 bits per heavy atom. The predicted octanol–water partition coefficient (Wildman–Crippen LogP) is 8.35. The van der Waals surface area contributed by atoms with Crippen molar-refractivity contribution >= 4 is 39.3 Å². The number of rotatable bonds is 8. The number of hydrogen-bond donors (Lipinski definition) is 1. The normalized spacial score (nSPS) is 17.1. The first-order valence-electron chi connectivity index (χ1n) is 19.9. The fourth-order valence-corrected chi connectivity index (χ4v) is 8.00. The highest BCUT2D eigenvalue weighted by molar-refractivity contribution is 6.03. The molecule has 0 atom stereocenters. The van der Waals surface area contributed by atoms with Crippen LogP contribution in [0.5, 0.6) is 11.8 Å². The molecule has 2 aliphatic heterocycles. The number of carbonyl (C=O) groups excluding carboxylic acids is 1. The van der Waals surface area contributed by atoms with Crippen LogP contribution in [0.4, 0.5) is 38.3 Å². The Balaban J connectivity index is 1.14. The third-order valence-electron chi connectivity index (χ3n) is 11.2. The highest BCUT2D eigenvalue weighted by Gasteiger charge is 2.45. The number of aromatic nitrogens is 3. The number of benzene rings is 3. The molecule has 1 amide bonds. The lowest BCUT2D eigenvalue weighted by Crippen LogP contribution is -2.49. The monoisotopic (exact) mass is 829 g/mol. The number of nitrogens with zero attached hydrogens (tertiary/aromatic N) is 7. The number of fused-ring (bicyclic) bond motifs is 2. The van der Waals surface area contributed by atoms with E-state index in [4.69, 9.17) is 20.9 Å². The molecule has 11 nitrogen and oxygen atoms in total. The van der Waals surface area contributed by atoms with Crippen molar-refractivity contribution in [1.82, 2.24) is 24.9 Å². The van der Waals surface area contributed by atoms with Gasteiger partial charge in [0.15, 0.2) is 29.1 Å². The molecule has 3 aromatic carbocycles. The molecule has 0 unspecified atom stereocenters. The first-order valence-corrected chi connectivity index (χ1v) is 19.9. The molecule has 1 saturated carbocycles. The minimum Gasteiger partial charge on any atom is -0.508 e. The average molecular weight is 830 g/mol. The number of hydrazine groups is 1. The largest absolute Gasteiger partial charge is 0.508 e. The first kappa shape index (κ1) is 40.8. The van der Waals surface area contributed by atoms with Crippen LogP contribution in [0, 0.1) is 46.8 Å². The van der Waals surface area contributed by atoms with E-state index in [0.29, 0.717) is 64.0 Å². The highest BCUT2D eigenvalue weighted by Crippen LogP contribution is 2.47. The molecule has 60 heavy (non-hydrogen) atoms. The summed E-state index contributed by atoms with van der Waals surface area (Å²) < 4.78 is 85.9. The second kappa shape index (κ2) is 15.9. The quantitative estimate of drug-likeness (QED) is 0.0932. The topological polar surface area (TPSA) is 107 Å². The number of ether oxygens (including phenoxy) is 2. The average Bonchev–Trinajstić information content (AvgIpc) is 4.02. The van der Waals surface area contributed by atoms with Gasteiger partial charge in [-0.3, -0.25) is 14.9 Å². The standard InChI is InChI=1S/C44H44F5N7O4/c1-5-29-32(45)10-9-26-19-28(57)22-30(35(26)29)38-37(49)39-31(23-50-38)40(55-13-7-6-8-14-56(55)42(58)60-43(2,3)4)52-41(51-39)59-25-44(11-12-44)24-53-15-17-54(18-16-53)27-20-33(46)36(48)34(47)21-27/h1,9-10,19-23,57H,6-8,11-18,24-25H2,2-4H3. The van der Waals surface area contributed by atoms with Gasteiger partial charge in [0.1, 0.15) is 28.4 Å². The third-order valence-corrected chi connectivity index (χ3v) is 11.2. The molecule has 2 saturated heterocycles. The molecule has 1 N–H and O–H groups in total. The molecule has 16 heteroatoms. The van der Waals surface area contributed by atoms with E-state index >= 15 is 8.78 Å². The van der Waals surface area contributed by atoms with E-state index in [9.17, 15) is 23.1 Å². The van der Waals surface area contributed by atoms with Gasteiger partial charge in [-0.15, -0.1) is 6.42 Å². The maximum atomic E-state index is 17.2. The highest BCUT2D eigenvalue weighted by atomic mass is 19.2. The number of anilines is 2. The molecule has 5 aromatic rings. The number of aromatic hydroxyl groups is 1. The summed E-state index contributed by atoms with van der Waals surface area (Å²) in [6.07, 6.45) is 10.4. The number of terminal acetylenes is 1. The SMILES string of the molecule is C#Cc1c(F)ccc2cc(O)cc(-c3ncc4c(N5CCCCCN5C(=O)OC(C)(C)C)nc(OCC5(CN6CCN(c7cc(F)c(F)c(F)c7)CC6)CC5)nc4c3F)c12. The summed E-state index contributed by atoms with van der Waals surface area (Å²) in [6.45, 7) is 8.90. The van der Waals surface area contributed by atoms with E-state index in [0.717, 1.165) is 31.4 Å². The zero-order valence-corrected chi connectivity index (χ0v) is 33.5. The number of halogens is 5. The van der Waals surface area contributed by atoms with Crippen molar-refractivity contribution in [3.05, 3.63) is 77.2 Å². The van der Waals surface area contributed by atoms with Gasteiger partial charge in [-0.05, 0) is 76.5 Å². The molecule has 0 spiro atoms. The summed E-state index contributed by atoms with van der Waals surface area (Å²) in [5, 5.41) is 14.5. The van der Waals surface area contributed by atoms with Crippen molar-refractivity contribution in [3.8, 4) is 35.4 Å². The van der Waals surface area contributed by atoms with Crippen LogP contribution >= 0.6 is 0 Å². The maximum absolute atomic E-state index is 17.2. The van der Waals surface area contributed by atoms with Crippen molar-refractivity contribution in [3.63, 3.8) is 0 Å². The summed E-state index contributed by atoms with van der Waals surface area (Å²) in [7, 11) is 0. The molecule has 0 bridgehead atoms. The van der Waals surface area contributed by atoms with Crippen LogP contribution in [0.1, 0.15) is 58.4 Å². The van der Waals surface area contributed by atoms with Gasteiger partial charge in [0, 0.05) is 86.2 Å². The lowest BCUT2D eigenvalue weighted by Gasteiger charge is -2.37. The number of piperazine rings is 1. The molecular formula is C44H44F5N7O4. The van der Waals surface area contributed by atoms with Crippen molar-refractivity contribution in [2.24, 2.45) is 5.41 Å². The van der Waals surface area contributed by atoms with Gasteiger partial charge in [0.25, 0.3) is 0 Å². The lowest BCUT2D eigenvalue weighted by atomic mass is 9.96. The van der Waals surface area contributed by atoms with Gasteiger partial charge in [-0.1, -0.05) is 12.0 Å². The molecule has 2 aromatic heterocycles. The van der Waals surface area contributed by atoms with Crippen LogP contribution in [0.25, 0.3) is 32.9 Å². The number of phenols is 1. The summed E-state index contributed by atoms with van der Waals surface area (Å²) in [5.74, 6) is -3.26. The fraction of sp³-hybridized carbons (Fsp3) is 0.409. The van der Waals surface area contributed by atoms with Gasteiger partial charge in [-0.2, -0.15) is 9.97 Å². The summed E-state index contributed by atoms with van der Waals surface area (Å²) >= 11 is 0. The molecule has 4 heterocycles. The van der Waals surface area contributed by atoms with Crippen LogP contribution in [-0.4, -0.2) is 94.1 Å². The number of amides is 1. The Morgan fingerprint density at radius 3 is 2.30 bits per heavy atom. The number of carbonyl (C=O) groups is 1. The number of pyridine rings is 1. The molecule has 0 radical (unpaired) electrons. The molecule has 8 rings (SSSR count). The second-order valence-electron chi connectivity index (χ2n) is 16.7. The van der Waals surface area contributed by atoms with Crippen molar-refractivity contribution in [2.75, 3.05) is 62.3 Å². The molecule has 314 valence electrons. The van der Waals surface area contributed by atoms with Crippen LogP contribution in [0.2, 0.25) is 0 Å². The third kappa shape index (κ3) is 8.15. The van der Waals surface area contributed by atoms with Crippen LogP contribution in [0.3, 0.4) is 0 Å². The van der Waals surface area contributed by atoms with Crippen molar-refractivity contribution in [1.29, 1.82) is 0 Å². The molecule has 1 aliphatic carbocycles. The van der Waals surface area contributed by atoms with Crippen LogP contribution in [0.15, 0.2) is 42.6 Å². The van der Waals surface area contributed by atoms with Gasteiger partial charge in [0.2, 0.25) is 0 Å². The Labute approximate surface area is 343 Å². The first-order chi connectivity index (χ1) is 28.6. The van der Waals surface area contributed by atoms with E-state index in [2.05, 4.69) is 20.8 Å². The van der Waals surface area contributed by atoms with Crippen molar-refractivity contribution in [2.45, 2.75) is 58.5 Å². The summed E-state index contributed by atoms with van der Waals surface area (Å²) in [5.41, 5.74) is -1.30. The molecule has 3 fully saturated rings. The number of hydrogen-bond acceptors (Lipinski definition) is 10. The summed E-state index contributed by atoms with van der Waals surface area (Å²) in [4.78, 5) is 31.6. The van der Waals surface area contributed by atoms with Gasteiger partial charge in [-0.25, -0.2) is 31.8 Å². The minimum atomic E-state index is -1.50. The maximum Gasteiger partial charge on any atom is 0.429 e. The van der Waals surface area contributed by atoms with E-state index in [-0.39, 0.29) is 68.4 Å². The predicted molar refractivity (Wildman–Crippen MR) is 216 cm³/mol. The second-order valence-corrected chi connectivity index (χ2v) is 16.7. The fourth-order valence-electron chi connectivity index (χ4n) is 8.00. The summed E-state index contributed by atoms with van der Waals surface area (Å²) in [6, 6.07) is 7.14. The van der Waals surface area contributed by atoms with Gasteiger partial charge >= 0.3 is 12.1 Å². The van der Waals surface area contributed by atoms with Crippen molar-refractivity contribution < 1.29 is 41.3 Å². The van der Waals surface area contributed by atoms with E-state index in [1.54, 1.807) is 25.8 Å². The zero-order chi connectivity index (χ0) is 42.5. The lowest BCUT2D eigenvalue weighted by molar-refractivity contribution is 0.0232. The zero-order valence-electron chi connectivity index (χ0n) is 33.5. The minimum absolute atomic E-state index is 0.0522. The Kier molecular flexibility index (Phi) is 10.8. The van der Waals surface area contributed by atoms with Gasteiger partial charge < -0.3 is 19.5 Å². The van der Waals surface area contributed by atoms with Crippen LogP contribution in [-0.2, 0) is 4.74 Å². The Morgan fingerprint density at radius 1 is 0.900 bits per heavy atom. The van der Waals surface area contributed by atoms with E-state index < -0.39 is 40.8 Å². The van der Waals surface area contributed by atoms with E-state index in [1.165, 1.54) is 35.5 Å². The van der Waals surface area contributed by atoms with Gasteiger partial charge in [0.05, 0.1) is 17.6 Å². The Hall–Kier alpha value is -5.95. The molecular weight excluding hydrogens is 786 g/mol. The Bertz CT molecular complexity index is 2510. The van der Waals surface area contributed by atoms with Crippen LogP contribution < -0.4 is 14.6 Å². The number of phenolic OH excluding ortho intramolecular Hbond substituents is 1.